The molecule has 5 heteroatoms. The topological polar surface area (TPSA) is 49.3 Å². The second-order valence-corrected chi connectivity index (χ2v) is 4.35. The molecule has 1 amide bonds. The molecule has 0 bridgehead atoms. The molecule has 5 nitrogen and oxygen atoms in total. The molecule has 0 atom stereocenters. The lowest BCUT2D eigenvalue weighted by molar-refractivity contribution is -0.126. The largest absolute Gasteiger partial charge is 0.329 e. The van der Waals surface area contributed by atoms with Crippen LogP contribution in [-0.2, 0) is 17.9 Å². The van der Waals surface area contributed by atoms with Gasteiger partial charge in [0.05, 0.1) is 12.2 Å². The minimum absolute atomic E-state index is 0.0323. The smallest absolute Gasteiger partial charge is 0.246 e. The number of hydrogen-bond acceptors (Lipinski definition) is 4. The highest BCUT2D eigenvalue weighted by Gasteiger charge is 2.22. The summed E-state index contributed by atoms with van der Waals surface area (Å²) in [7, 11) is 3.94. The number of carbonyl (C=O) groups is 1. The lowest BCUT2D eigenvalue weighted by atomic mass is 10.3. The number of rotatable bonds is 3. The first-order chi connectivity index (χ1) is 8.16. The van der Waals surface area contributed by atoms with Gasteiger partial charge in [-0.3, -0.25) is 4.79 Å². The van der Waals surface area contributed by atoms with Crippen molar-refractivity contribution in [1.29, 1.82) is 0 Å². The van der Waals surface area contributed by atoms with E-state index in [4.69, 9.17) is 0 Å². The lowest BCUT2D eigenvalue weighted by Gasteiger charge is -2.12. The van der Waals surface area contributed by atoms with Crippen molar-refractivity contribution in [3.05, 3.63) is 35.9 Å². The van der Waals surface area contributed by atoms with Crippen molar-refractivity contribution < 1.29 is 4.79 Å². The van der Waals surface area contributed by atoms with Crippen molar-refractivity contribution in [2.75, 3.05) is 20.6 Å². The van der Waals surface area contributed by atoms with Crippen LogP contribution >= 0.6 is 0 Å². The van der Waals surface area contributed by atoms with Crippen molar-refractivity contribution in [2.45, 2.75) is 13.1 Å². The van der Waals surface area contributed by atoms with Crippen molar-refractivity contribution in [3.63, 3.8) is 0 Å². The van der Waals surface area contributed by atoms with Gasteiger partial charge in [-0.25, -0.2) is 9.97 Å². The molecule has 0 saturated carbocycles. The van der Waals surface area contributed by atoms with Crippen molar-refractivity contribution >= 4 is 5.91 Å². The van der Waals surface area contributed by atoms with Gasteiger partial charge in [0.2, 0.25) is 5.91 Å². The molecule has 90 valence electrons. The molecule has 0 saturated heterocycles. The summed E-state index contributed by atoms with van der Waals surface area (Å²) in [6.07, 6.45) is 6.80. The van der Waals surface area contributed by atoms with Crippen molar-refractivity contribution in [1.82, 2.24) is 19.8 Å². The van der Waals surface area contributed by atoms with Gasteiger partial charge in [-0.2, -0.15) is 0 Å². The molecular formula is C12H16N4O. The molecule has 0 aromatic carbocycles. The predicted molar refractivity (Wildman–Crippen MR) is 64.0 cm³/mol. The molecule has 0 aliphatic carbocycles. The monoisotopic (exact) mass is 232 g/mol. The third-order valence-corrected chi connectivity index (χ3v) is 2.63. The Hall–Kier alpha value is -1.75. The Morgan fingerprint density at radius 2 is 2.35 bits per heavy atom. The summed E-state index contributed by atoms with van der Waals surface area (Å²) in [6, 6.07) is 0. The van der Waals surface area contributed by atoms with Crippen LogP contribution in [0.4, 0.5) is 0 Å². The molecule has 1 aliphatic rings. The van der Waals surface area contributed by atoms with Crippen molar-refractivity contribution in [2.24, 2.45) is 0 Å². The standard InChI is InChI=1S/C12H16N4O/c1-15(2)5-3-4-12(17)16-7-10-6-13-9-14-11(10)8-16/h3-4,6,9H,5,7-8H2,1-2H3/b4-3+. The average molecular weight is 232 g/mol. The molecule has 17 heavy (non-hydrogen) atoms. The molecule has 0 unspecified atom stereocenters. The van der Waals surface area contributed by atoms with Crippen LogP contribution in [0.25, 0.3) is 0 Å². The van der Waals surface area contributed by atoms with Gasteiger partial charge in [-0.15, -0.1) is 0 Å². The van der Waals surface area contributed by atoms with E-state index in [0.717, 1.165) is 17.8 Å². The quantitative estimate of drug-likeness (QED) is 0.709. The van der Waals surface area contributed by atoms with Gasteiger partial charge in [-0.1, -0.05) is 6.08 Å². The van der Waals surface area contributed by atoms with Crippen LogP contribution in [0.5, 0.6) is 0 Å². The molecule has 1 aliphatic heterocycles. The first kappa shape index (κ1) is 11.7. The van der Waals surface area contributed by atoms with Crippen LogP contribution in [0.3, 0.4) is 0 Å². The summed E-state index contributed by atoms with van der Waals surface area (Å²) in [5.74, 6) is 0.0323. The molecule has 0 fully saturated rings. The molecule has 1 aromatic heterocycles. The van der Waals surface area contributed by atoms with Gasteiger partial charge in [0.15, 0.2) is 0 Å². The zero-order valence-electron chi connectivity index (χ0n) is 10.1. The minimum atomic E-state index is 0.0323. The fourth-order valence-corrected chi connectivity index (χ4v) is 1.73. The molecule has 2 heterocycles. The molecule has 1 aromatic rings. The zero-order valence-corrected chi connectivity index (χ0v) is 10.1. The maximum atomic E-state index is 11.9. The van der Waals surface area contributed by atoms with Crippen LogP contribution in [0.1, 0.15) is 11.3 Å². The summed E-state index contributed by atoms with van der Waals surface area (Å²) in [4.78, 5) is 23.8. The fraction of sp³-hybridized carbons (Fsp3) is 0.417. The normalized spacial score (nSPS) is 14.6. The molecule has 0 radical (unpaired) electrons. The van der Waals surface area contributed by atoms with E-state index in [9.17, 15) is 4.79 Å². The van der Waals surface area contributed by atoms with Gasteiger partial charge < -0.3 is 9.80 Å². The predicted octanol–water partition coefficient (Wildman–Crippen LogP) is 0.437. The third-order valence-electron chi connectivity index (χ3n) is 2.63. The Kier molecular flexibility index (Phi) is 3.49. The first-order valence-electron chi connectivity index (χ1n) is 5.55. The Labute approximate surface area is 101 Å². The van der Waals surface area contributed by atoms with Crippen LogP contribution in [0.15, 0.2) is 24.7 Å². The van der Waals surface area contributed by atoms with Gasteiger partial charge in [0, 0.05) is 30.9 Å². The summed E-state index contributed by atoms with van der Waals surface area (Å²) < 4.78 is 0. The van der Waals surface area contributed by atoms with Crippen LogP contribution < -0.4 is 0 Å². The average Bonchev–Trinajstić information content (AvgIpc) is 2.71. The molecule has 0 N–H and O–H groups in total. The molecular weight excluding hydrogens is 216 g/mol. The van der Waals surface area contributed by atoms with E-state index in [1.54, 1.807) is 17.2 Å². The van der Waals surface area contributed by atoms with Gasteiger partial charge in [-0.05, 0) is 14.1 Å². The number of hydrogen-bond donors (Lipinski definition) is 0. The number of fused-ring (bicyclic) bond motifs is 1. The molecule has 2 rings (SSSR count). The first-order valence-corrected chi connectivity index (χ1v) is 5.55. The Morgan fingerprint density at radius 1 is 1.53 bits per heavy atom. The van der Waals surface area contributed by atoms with Crippen LogP contribution in [-0.4, -0.2) is 46.3 Å². The maximum Gasteiger partial charge on any atom is 0.246 e. The number of likely N-dealkylation sites (N-methyl/N-ethyl adjacent to an activating group) is 1. The Morgan fingerprint density at radius 3 is 3.06 bits per heavy atom. The highest BCUT2D eigenvalue weighted by molar-refractivity contribution is 5.87. The molecule has 0 spiro atoms. The van der Waals surface area contributed by atoms with E-state index in [1.165, 1.54) is 6.33 Å². The minimum Gasteiger partial charge on any atom is -0.329 e. The SMILES string of the molecule is CN(C)C/C=C/C(=O)N1Cc2cncnc2C1. The highest BCUT2D eigenvalue weighted by atomic mass is 16.2. The van der Waals surface area contributed by atoms with Gasteiger partial charge in [0.1, 0.15) is 6.33 Å². The Balaban J connectivity index is 1.94. The van der Waals surface area contributed by atoms with E-state index >= 15 is 0 Å². The third kappa shape index (κ3) is 2.88. The van der Waals surface area contributed by atoms with Crippen molar-refractivity contribution in [3.8, 4) is 0 Å². The number of aromatic nitrogens is 2. The highest BCUT2D eigenvalue weighted by Crippen LogP contribution is 2.19. The van der Waals surface area contributed by atoms with E-state index in [1.807, 2.05) is 25.1 Å². The zero-order chi connectivity index (χ0) is 12.3. The number of amides is 1. The van der Waals surface area contributed by atoms with Gasteiger partial charge >= 0.3 is 0 Å². The number of nitrogens with zero attached hydrogens (tertiary/aromatic N) is 4. The number of carbonyl (C=O) groups excluding carboxylic acids is 1. The van der Waals surface area contributed by atoms with E-state index in [2.05, 4.69) is 9.97 Å². The summed E-state index contributed by atoms with van der Waals surface area (Å²) >= 11 is 0. The Bertz CT molecular complexity index is 417. The second kappa shape index (κ2) is 5.05. The summed E-state index contributed by atoms with van der Waals surface area (Å²) in [5.41, 5.74) is 2.00. The fourth-order valence-electron chi connectivity index (χ4n) is 1.73. The lowest BCUT2D eigenvalue weighted by Crippen LogP contribution is -2.23. The second-order valence-electron chi connectivity index (χ2n) is 4.35. The maximum absolute atomic E-state index is 11.9. The van der Waals surface area contributed by atoms with E-state index in [-0.39, 0.29) is 5.91 Å². The summed E-state index contributed by atoms with van der Waals surface area (Å²) in [5, 5.41) is 0. The van der Waals surface area contributed by atoms with E-state index in [0.29, 0.717) is 13.1 Å². The summed E-state index contributed by atoms with van der Waals surface area (Å²) in [6.45, 7) is 1.97. The van der Waals surface area contributed by atoms with Crippen LogP contribution in [0.2, 0.25) is 0 Å². The van der Waals surface area contributed by atoms with Gasteiger partial charge in [0.25, 0.3) is 0 Å². The van der Waals surface area contributed by atoms with Crippen LogP contribution in [0, 0.1) is 0 Å². The van der Waals surface area contributed by atoms with E-state index < -0.39 is 0 Å².